The van der Waals surface area contributed by atoms with Gasteiger partial charge in [-0.1, -0.05) is 20.3 Å². The highest BCUT2D eigenvalue weighted by atomic mass is 16.3. The number of carbonyl (C=O) groups excluding carboxylic acids is 1. The first-order valence-electron chi connectivity index (χ1n) is 4.91. The van der Waals surface area contributed by atoms with E-state index in [2.05, 4.69) is 13.8 Å². The zero-order chi connectivity index (χ0) is 10.0. The Labute approximate surface area is 78.8 Å². The Balaban J connectivity index is 2.40. The molecule has 1 rings (SSSR count). The fourth-order valence-corrected chi connectivity index (χ4v) is 1.77. The van der Waals surface area contributed by atoms with Gasteiger partial charge in [-0.05, 0) is 18.3 Å². The van der Waals surface area contributed by atoms with Crippen LogP contribution in [-0.2, 0) is 4.79 Å². The van der Waals surface area contributed by atoms with E-state index in [0.29, 0.717) is 12.3 Å². The largest absolute Gasteiger partial charge is 0.390 e. The Morgan fingerprint density at radius 3 is 2.46 bits per heavy atom. The van der Waals surface area contributed by atoms with Gasteiger partial charge in [-0.15, -0.1) is 0 Å². The number of aliphatic hydroxyl groups excluding tert-OH is 2. The zero-order valence-corrected chi connectivity index (χ0v) is 8.23. The summed E-state index contributed by atoms with van der Waals surface area (Å²) in [6.07, 6.45) is 0.224. The van der Waals surface area contributed by atoms with E-state index in [-0.39, 0.29) is 11.7 Å². The van der Waals surface area contributed by atoms with Crippen molar-refractivity contribution in [1.29, 1.82) is 0 Å². The molecule has 0 radical (unpaired) electrons. The first-order chi connectivity index (χ1) is 6.02. The molecule has 1 aliphatic rings. The van der Waals surface area contributed by atoms with Gasteiger partial charge in [0.2, 0.25) is 0 Å². The molecular formula is C10H18O3. The van der Waals surface area contributed by atoms with E-state index >= 15 is 0 Å². The minimum atomic E-state index is -1.13. The average Bonchev–Trinajstić information content (AvgIpc) is 2.29. The number of ketones is 1. The summed E-state index contributed by atoms with van der Waals surface area (Å²) in [5, 5.41) is 18.7. The fourth-order valence-electron chi connectivity index (χ4n) is 1.77. The van der Waals surface area contributed by atoms with E-state index in [1.54, 1.807) is 0 Å². The monoisotopic (exact) mass is 186 g/mol. The quantitative estimate of drug-likeness (QED) is 0.683. The molecule has 0 aromatic rings. The van der Waals surface area contributed by atoms with Crippen LogP contribution in [0, 0.1) is 11.8 Å². The van der Waals surface area contributed by atoms with Gasteiger partial charge in [0.15, 0.2) is 5.78 Å². The summed E-state index contributed by atoms with van der Waals surface area (Å²) in [4.78, 5) is 11.0. The van der Waals surface area contributed by atoms with Gasteiger partial charge < -0.3 is 10.2 Å². The van der Waals surface area contributed by atoms with Crippen LogP contribution >= 0.6 is 0 Å². The third kappa shape index (κ3) is 2.51. The molecule has 0 saturated heterocycles. The number of hydrogen-bond donors (Lipinski definition) is 2. The molecule has 0 spiro atoms. The van der Waals surface area contributed by atoms with E-state index in [1.807, 2.05) is 0 Å². The maximum absolute atomic E-state index is 11.0. The van der Waals surface area contributed by atoms with E-state index in [9.17, 15) is 15.0 Å². The highest BCUT2D eigenvalue weighted by molar-refractivity contribution is 5.86. The Bertz CT molecular complexity index is 189. The number of rotatable bonds is 3. The van der Waals surface area contributed by atoms with Crippen LogP contribution in [0.3, 0.4) is 0 Å². The van der Waals surface area contributed by atoms with Gasteiger partial charge in [0.05, 0.1) is 6.10 Å². The molecule has 0 aliphatic heterocycles. The molecule has 3 heteroatoms. The summed E-state index contributed by atoms with van der Waals surface area (Å²) in [6, 6.07) is 0. The van der Waals surface area contributed by atoms with E-state index in [0.717, 1.165) is 12.8 Å². The summed E-state index contributed by atoms with van der Waals surface area (Å²) >= 11 is 0. The molecular weight excluding hydrogens is 168 g/mol. The lowest BCUT2D eigenvalue weighted by atomic mass is 9.95. The van der Waals surface area contributed by atoms with Crippen molar-refractivity contribution in [3.8, 4) is 0 Å². The smallest absolute Gasteiger partial charge is 0.164 e. The molecule has 3 unspecified atom stereocenters. The molecule has 1 aliphatic carbocycles. The zero-order valence-electron chi connectivity index (χ0n) is 8.23. The Morgan fingerprint density at radius 2 is 2.08 bits per heavy atom. The van der Waals surface area contributed by atoms with Gasteiger partial charge in [0, 0.05) is 6.42 Å². The number of aliphatic hydroxyl groups is 2. The molecule has 76 valence electrons. The number of carbonyl (C=O) groups is 1. The van der Waals surface area contributed by atoms with E-state index in [1.165, 1.54) is 0 Å². The van der Waals surface area contributed by atoms with Crippen molar-refractivity contribution < 1.29 is 15.0 Å². The predicted molar refractivity (Wildman–Crippen MR) is 49.2 cm³/mol. The molecule has 3 nitrogen and oxygen atoms in total. The van der Waals surface area contributed by atoms with E-state index < -0.39 is 12.2 Å². The molecule has 1 fully saturated rings. The SMILES string of the molecule is CC(C)CCC1CC(=O)C(O)C1O. The Kier molecular flexibility index (Phi) is 3.45. The average molecular weight is 186 g/mol. The third-order valence-corrected chi connectivity index (χ3v) is 2.71. The van der Waals surface area contributed by atoms with Crippen molar-refractivity contribution in [3.63, 3.8) is 0 Å². The lowest BCUT2D eigenvalue weighted by molar-refractivity contribution is -0.126. The van der Waals surface area contributed by atoms with Crippen LogP contribution in [0.25, 0.3) is 0 Å². The second-order valence-corrected chi connectivity index (χ2v) is 4.34. The van der Waals surface area contributed by atoms with Crippen molar-refractivity contribution in [2.24, 2.45) is 11.8 Å². The van der Waals surface area contributed by atoms with Gasteiger partial charge in [0.25, 0.3) is 0 Å². The normalized spacial score (nSPS) is 34.5. The summed E-state index contributed by atoms with van der Waals surface area (Å²) in [5.41, 5.74) is 0. The Morgan fingerprint density at radius 1 is 1.46 bits per heavy atom. The van der Waals surface area contributed by atoms with Gasteiger partial charge >= 0.3 is 0 Å². The minimum Gasteiger partial charge on any atom is -0.390 e. The van der Waals surface area contributed by atoms with Crippen LogP contribution in [0.5, 0.6) is 0 Å². The van der Waals surface area contributed by atoms with E-state index in [4.69, 9.17) is 0 Å². The highest BCUT2D eigenvalue weighted by Gasteiger charge is 2.39. The van der Waals surface area contributed by atoms with Gasteiger partial charge in [0.1, 0.15) is 6.10 Å². The first kappa shape index (κ1) is 10.7. The molecule has 0 bridgehead atoms. The molecule has 0 heterocycles. The maximum atomic E-state index is 11.0. The molecule has 3 atom stereocenters. The Hall–Kier alpha value is -0.410. The molecule has 0 aromatic carbocycles. The highest BCUT2D eigenvalue weighted by Crippen LogP contribution is 2.28. The van der Waals surface area contributed by atoms with Crippen molar-refractivity contribution >= 4 is 5.78 Å². The van der Waals surface area contributed by atoms with Crippen LogP contribution in [-0.4, -0.2) is 28.2 Å². The topological polar surface area (TPSA) is 57.5 Å². The van der Waals surface area contributed by atoms with Crippen molar-refractivity contribution in [2.75, 3.05) is 0 Å². The first-order valence-corrected chi connectivity index (χ1v) is 4.91. The summed E-state index contributed by atoms with van der Waals surface area (Å²) in [6.45, 7) is 4.22. The molecule has 2 N–H and O–H groups in total. The molecule has 0 amide bonds. The minimum absolute atomic E-state index is 0.0232. The van der Waals surface area contributed by atoms with Crippen LogP contribution in [0.1, 0.15) is 33.1 Å². The van der Waals surface area contributed by atoms with Crippen molar-refractivity contribution in [1.82, 2.24) is 0 Å². The van der Waals surface area contributed by atoms with Crippen molar-refractivity contribution in [3.05, 3.63) is 0 Å². The standard InChI is InChI=1S/C10H18O3/c1-6(2)3-4-7-5-8(11)10(13)9(7)12/h6-7,9-10,12-13H,3-5H2,1-2H3. The summed E-state index contributed by atoms with van der Waals surface area (Å²) < 4.78 is 0. The van der Waals surface area contributed by atoms with Crippen LogP contribution < -0.4 is 0 Å². The molecule has 13 heavy (non-hydrogen) atoms. The van der Waals surface area contributed by atoms with Gasteiger partial charge in [-0.25, -0.2) is 0 Å². The predicted octanol–water partition coefficient (Wildman–Crippen LogP) is 0.733. The fraction of sp³-hybridized carbons (Fsp3) is 0.900. The second-order valence-electron chi connectivity index (χ2n) is 4.34. The van der Waals surface area contributed by atoms with Gasteiger partial charge in [-0.2, -0.15) is 0 Å². The second kappa shape index (κ2) is 4.20. The summed E-state index contributed by atoms with van der Waals surface area (Å²) in [5.74, 6) is 0.353. The summed E-state index contributed by atoms with van der Waals surface area (Å²) in [7, 11) is 0. The number of hydrogen-bond acceptors (Lipinski definition) is 3. The lowest BCUT2D eigenvalue weighted by Crippen LogP contribution is -2.28. The molecule has 0 aromatic heterocycles. The molecule has 1 saturated carbocycles. The third-order valence-electron chi connectivity index (χ3n) is 2.71. The number of Topliss-reactive ketones (excluding diaryl/α,β-unsaturated/α-hetero) is 1. The van der Waals surface area contributed by atoms with Gasteiger partial charge in [-0.3, -0.25) is 4.79 Å². The van der Waals surface area contributed by atoms with Crippen molar-refractivity contribution in [2.45, 2.75) is 45.3 Å². The lowest BCUT2D eigenvalue weighted by Gasteiger charge is -2.15. The maximum Gasteiger partial charge on any atom is 0.164 e. The van der Waals surface area contributed by atoms with Crippen LogP contribution in [0.15, 0.2) is 0 Å². The van der Waals surface area contributed by atoms with Crippen LogP contribution in [0.2, 0.25) is 0 Å². The van der Waals surface area contributed by atoms with Crippen LogP contribution in [0.4, 0.5) is 0 Å².